The highest BCUT2D eigenvalue weighted by atomic mass is 16.4. The minimum atomic E-state index is -1.03. The standard InChI is InChI=1S/C18H23N5O2/c19-15-4-2-1-3-13(15)5-8-20-14-6-9-23(10-7-14)17-11-16(18(24)25)21-12-22-17/h1-4,11-12,14,20H,5-10,19H2,(H,24,25). The van der Waals surface area contributed by atoms with E-state index in [9.17, 15) is 4.79 Å². The molecule has 1 aromatic carbocycles. The van der Waals surface area contributed by atoms with Crippen molar-refractivity contribution in [2.24, 2.45) is 0 Å². The van der Waals surface area contributed by atoms with Crippen molar-refractivity contribution in [2.45, 2.75) is 25.3 Å². The molecule has 7 nitrogen and oxygen atoms in total. The summed E-state index contributed by atoms with van der Waals surface area (Å²) >= 11 is 0. The quantitative estimate of drug-likeness (QED) is 0.685. The lowest BCUT2D eigenvalue weighted by molar-refractivity contribution is 0.0690. The number of hydrogen-bond acceptors (Lipinski definition) is 6. The molecule has 0 unspecified atom stereocenters. The number of aromatic nitrogens is 2. The van der Waals surface area contributed by atoms with Crippen LogP contribution < -0.4 is 16.0 Å². The number of nitrogens with zero attached hydrogens (tertiary/aromatic N) is 3. The zero-order chi connectivity index (χ0) is 17.6. The minimum Gasteiger partial charge on any atom is -0.477 e. The summed E-state index contributed by atoms with van der Waals surface area (Å²) in [6.45, 7) is 2.60. The Morgan fingerprint density at radius 1 is 1.28 bits per heavy atom. The summed E-state index contributed by atoms with van der Waals surface area (Å²) in [5.41, 5.74) is 8.02. The van der Waals surface area contributed by atoms with E-state index in [-0.39, 0.29) is 5.69 Å². The lowest BCUT2D eigenvalue weighted by atomic mass is 10.0. The Kier molecular flexibility index (Phi) is 5.45. The number of para-hydroxylation sites is 1. The highest BCUT2D eigenvalue weighted by molar-refractivity contribution is 5.86. The minimum absolute atomic E-state index is 0.0331. The van der Waals surface area contributed by atoms with E-state index >= 15 is 0 Å². The van der Waals surface area contributed by atoms with Crippen LogP contribution in [-0.4, -0.2) is 46.7 Å². The van der Waals surface area contributed by atoms with Gasteiger partial charge in [0.15, 0.2) is 5.69 Å². The van der Waals surface area contributed by atoms with Gasteiger partial charge in [0.25, 0.3) is 0 Å². The first-order valence-electron chi connectivity index (χ1n) is 8.50. The van der Waals surface area contributed by atoms with Gasteiger partial charge in [-0.15, -0.1) is 0 Å². The zero-order valence-corrected chi connectivity index (χ0v) is 14.1. The van der Waals surface area contributed by atoms with Crippen LogP contribution in [0.2, 0.25) is 0 Å². The molecule has 4 N–H and O–H groups in total. The van der Waals surface area contributed by atoms with Crippen LogP contribution in [0.4, 0.5) is 11.5 Å². The summed E-state index contributed by atoms with van der Waals surface area (Å²) < 4.78 is 0. The van der Waals surface area contributed by atoms with E-state index in [2.05, 4.69) is 26.3 Å². The first kappa shape index (κ1) is 17.2. The number of nitrogen functional groups attached to an aromatic ring is 1. The maximum absolute atomic E-state index is 11.0. The SMILES string of the molecule is Nc1ccccc1CCNC1CCN(c2cc(C(=O)O)ncn2)CC1. The third-order valence-electron chi connectivity index (χ3n) is 4.57. The number of benzene rings is 1. The van der Waals surface area contributed by atoms with Crippen molar-refractivity contribution in [1.29, 1.82) is 0 Å². The number of piperidine rings is 1. The van der Waals surface area contributed by atoms with Crippen LogP contribution in [0.1, 0.15) is 28.9 Å². The fourth-order valence-electron chi connectivity index (χ4n) is 3.12. The van der Waals surface area contributed by atoms with Crippen LogP contribution in [0.5, 0.6) is 0 Å². The molecule has 1 saturated heterocycles. The van der Waals surface area contributed by atoms with Crippen molar-refractivity contribution in [1.82, 2.24) is 15.3 Å². The number of anilines is 2. The molecular formula is C18H23N5O2. The molecule has 2 aromatic rings. The lowest BCUT2D eigenvalue weighted by Gasteiger charge is -2.33. The maximum Gasteiger partial charge on any atom is 0.354 e. The molecule has 2 heterocycles. The number of nitrogens with one attached hydrogen (secondary N) is 1. The van der Waals surface area contributed by atoms with Gasteiger partial charge in [0.05, 0.1) is 0 Å². The fraction of sp³-hybridized carbons (Fsp3) is 0.389. The van der Waals surface area contributed by atoms with Gasteiger partial charge in [-0.3, -0.25) is 0 Å². The third-order valence-corrected chi connectivity index (χ3v) is 4.57. The van der Waals surface area contributed by atoms with Crippen molar-refractivity contribution in [3.63, 3.8) is 0 Å². The molecule has 1 fully saturated rings. The number of carboxylic acid groups (broad SMARTS) is 1. The predicted molar refractivity (Wildman–Crippen MR) is 96.8 cm³/mol. The molecule has 0 saturated carbocycles. The number of nitrogens with two attached hydrogens (primary N) is 1. The van der Waals surface area contributed by atoms with Crippen LogP contribution in [0.3, 0.4) is 0 Å². The average Bonchev–Trinajstić information content (AvgIpc) is 2.64. The molecule has 1 aliphatic rings. The summed E-state index contributed by atoms with van der Waals surface area (Å²) in [6, 6.07) is 9.95. The van der Waals surface area contributed by atoms with Gasteiger partial charge in [-0.05, 0) is 37.4 Å². The molecule has 1 aliphatic heterocycles. The van der Waals surface area contributed by atoms with E-state index in [1.54, 1.807) is 0 Å². The smallest absolute Gasteiger partial charge is 0.354 e. The Morgan fingerprint density at radius 3 is 2.76 bits per heavy atom. The average molecular weight is 341 g/mol. The van der Waals surface area contributed by atoms with Crippen molar-refractivity contribution >= 4 is 17.5 Å². The van der Waals surface area contributed by atoms with Gasteiger partial charge >= 0.3 is 5.97 Å². The van der Waals surface area contributed by atoms with Gasteiger partial charge in [-0.25, -0.2) is 14.8 Å². The largest absolute Gasteiger partial charge is 0.477 e. The second kappa shape index (κ2) is 7.94. The van der Waals surface area contributed by atoms with Crippen molar-refractivity contribution in [2.75, 3.05) is 30.3 Å². The molecule has 25 heavy (non-hydrogen) atoms. The van der Waals surface area contributed by atoms with Crippen LogP contribution in [0, 0.1) is 0 Å². The van der Waals surface area contributed by atoms with Crippen molar-refractivity contribution in [3.05, 3.63) is 47.9 Å². The maximum atomic E-state index is 11.0. The summed E-state index contributed by atoms with van der Waals surface area (Å²) in [5, 5.41) is 12.6. The Hall–Kier alpha value is -2.67. The summed E-state index contributed by atoms with van der Waals surface area (Å²) in [6.07, 6.45) is 4.22. The Labute approximate surface area is 146 Å². The lowest BCUT2D eigenvalue weighted by Crippen LogP contribution is -2.43. The number of carbonyl (C=O) groups is 1. The summed E-state index contributed by atoms with van der Waals surface area (Å²) in [7, 11) is 0. The van der Waals surface area contributed by atoms with E-state index in [0.29, 0.717) is 11.9 Å². The van der Waals surface area contributed by atoms with E-state index in [1.807, 2.05) is 18.2 Å². The van der Waals surface area contributed by atoms with Gasteiger partial charge < -0.3 is 21.1 Å². The van der Waals surface area contributed by atoms with E-state index in [0.717, 1.165) is 44.6 Å². The van der Waals surface area contributed by atoms with Gasteiger partial charge in [-0.1, -0.05) is 18.2 Å². The van der Waals surface area contributed by atoms with E-state index in [4.69, 9.17) is 10.8 Å². The Balaban J connectivity index is 1.46. The summed E-state index contributed by atoms with van der Waals surface area (Å²) in [5.74, 6) is -0.344. The first-order valence-corrected chi connectivity index (χ1v) is 8.50. The van der Waals surface area contributed by atoms with Crippen LogP contribution in [0.15, 0.2) is 36.7 Å². The molecular weight excluding hydrogens is 318 g/mol. The Morgan fingerprint density at radius 2 is 2.04 bits per heavy atom. The molecule has 0 aliphatic carbocycles. The van der Waals surface area contributed by atoms with Crippen molar-refractivity contribution < 1.29 is 9.90 Å². The second-order valence-electron chi connectivity index (χ2n) is 6.23. The molecule has 0 amide bonds. The number of hydrogen-bond donors (Lipinski definition) is 3. The van der Waals surface area contributed by atoms with Crippen molar-refractivity contribution in [3.8, 4) is 0 Å². The number of aromatic carboxylic acids is 1. The topological polar surface area (TPSA) is 104 Å². The molecule has 3 rings (SSSR count). The van der Waals surface area contributed by atoms with Crippen LogP contribution in [0.25, 0.3) is 0 Å². The Bertz CT molecular complexity index is 729. The molecule has 0 spiro atoms. The van der Waals surface area contributed by atoms with Gasteiger partial charge in [0.1, 0.15) is 12.1 Å². The molecule has 1 aromatic heterocycles. The molecule has 0 bridgehead atoms. The van der Waals surface area contributed by atoms with Gasteiger partial charge in [-0.2, -0.15) is 0 Å². The third kappa shape index (κ3) is 4.45. The molecule has 0 radical (unpaired) electrons. The first-order chi connectivity index (χ1) is 12.1. The highest BCUT2D eigenvalue weighted by Crippen LogP contribution is 2.18. The van der Waals surface area contributed by atoms with E-state index < -0.39 is 5.97 Å². The zero-order valence-electron chi connectivity index (χ0n) is 14.1. The number of carboxylic acids is 1. The highest BCUT2D eigenvalue weighted by Gasteiger charge is 2.20. The molecule has 7 heteroatoms. The van der Waals surface area contributed by atoms with Gasteiger partial charge in [0, 0.05) is 30.9 Å². The fourth-order valence-corrected chi connectivity index (χ4v) is 3.12. The van der Waals surface area contributed by atoms with Crippen LogP contribution >= 0.6 is 0 Å². The monoisotopic (exact) mass is 341 g/mol. The predicted octanol–water partition coefficient (Wildman–Crippen LogP) is 1.56. The second-order valence-corrected chi connectivity index (χ2v) is 6.23. The number of rotatable bonds is 6. The summed E-state index contributed by atoms with van der Waals surface area (Å²) in [4.78, 5) is 21.1. The van der Waals surface area contributed by atoms with Gasteiger partial charge in [0.2, 0.25) is 0 Å². The molecule has 0 atom stereocenters. The van der Waals surface area contributed by atoms with Crippen LogP contribution in [-0.2, 0) is 6.42 Å². The van der Waals surface area contributed by atoms with E-state index in [1.165, 1.54) is 18.0 Å². The normalized spacial score (nSPS) is 15.3. The molecule has 132 valence electrons.